The smallest absolute Gasteiger partial charge is 0.256 e. The lowest BCUT2D eigenvalue weighted by Gasteiger charge is -2.29. The fourth-order valence-electron chi connectivity index (χ4n) is 8.96. The van der Waals surface area contributed by atoms with Crippen molar-refractivity contribution < 1.29 is 28.8 Å². The molecule has 0 saturated carbocycles. The van der Waals surface area contributed by atoms with Crippen molar-refractivity contribution >= 4 is 69.5 Å². The third kappa shape index (κ3) is 11.2. The summed E-state index contributed by atoms with van der Waals surface area (Å²) in [5.41, 5.74) is 19.4. The Balaban J connectivity index is 0.000000224. The van der Waals surface area contributed by atoms with Gasteiger partial charge in [-0.15, -0.1) is 11.3 Å². The fourth-order valence-corrected chi connectivity index (χ4v) is 9.66. The summed E-state index contributed by atoms with van der Waals surface area (Å²) in [5, 5.41) is 7.77. The molecule has 0 radical (unpaired) electrons. The number of nitrogens with one attached hydrogen (secondary N) is 2. The number of carbonyl (C=O) groups is 6. The third-order valence-electron chi connectivity index (χ3n) is 13.1. The van der Waals surface area contributed by atoms with E-state index in [1.165, 1.54) is 21.1 Å². The number of hydrogen-bond acceptors (Lipinski definition) is 9. The average molecular weight is 939 g/mol. The summed E-state index contributed by atoms with van der Waals surface area (Å²) in [6.45, 7) is 15.7. The van der Waals surface area contributed by atoms with Gasteiger partial charge in [0, 0.05) is 33.8 Å². The summed E-state index contributed by atoms with van der Waals surface area (Å²) in [6.07, 6.45) is 3.13. The number of fused-ring (bicyclic) bond motifs is 6. The molecule has 0 bridgehead atoms. The van der Waals surface area contributed by atoms with Gasteiger partial charge in [-0.3, -0.25) is 28.8 Å². The quantitative estimate of drug-likeness (QED) is 0.0793. The standard InChI is InChI=1S/C28H31N3O3S.C27H35N3O3/c1-4-17(2)15-23(30-25(32)16-19-9-8-14-35-19)28(34)31-24-13-7-12-22(29)26(24)21-11-6-5-10-20(21)18(3)27(31)33;1-6-17(4)15-22(29-24(31)14-16(2)3)27(33)30-23-13-9-12-21(28)25(23)20-11-8-7-10-19(20)18(5)26(30)32/h5-14,17-18,23H,4,15-16,29H2,1-3H3,(H,30,32);7-13,16-18,22H,6,14-15,28H2,1-5H3,(H,29,31)/t17?,18?,23-;17?,18?,22-/m00/s1. The number of anilines is 4. The summed E-state index contributed by atoms with van der Waals surface area (Å²) >= 11 is 1.50. The number of benzene rings is 4. The summed E-state index contributed by atoms with van der Waals surface area (Å²) in [5.74, 6) is -2.43. The predicted molar refractivity (Wildman–Crippen MR) is 274 cm³/mol. The van der Waals surface area contributed by atoms with Gasteiger partial charge in [0.1, 0.15) is 12.1 Å². The number of thiophene rings is 1. The number of nitrogens with zero attached hydrogens (tertiary/aromatic N) is 2. The number of hydrogen-bond donors (Lipinski definition) is 4. The second kappa shape index (κ2) is 22.5. The molecule has 0 fully saturated rings. The van der Waals surface area contributed by atoms with Gasteiger partial charge < -0.3 is 22.1 Å². The van der Waals surface area contributed by atoms with Gasteiger partial charge in [0.15, 0.2) is 0 Å². The number of carbonyl (C=O) groups excluding carboxylic acids is 6. The molecule has 0 spiro atoms. The molecule has 2 aliphatic heterocycles. The van der Waals surface area contributed by atoms with Crippen molar-refractivity contribution in [3.05, 3.63) is 118 Å². The van der Waals surface area contributed by atoms with Crippen LogP contribution in [0.4, 0.5) is 22.7 Å². The van der Waals surface area contributed by atoms with Crippen LogP contribution in [0.25, 0.3) is 22.3 Å². The molecule has 0 aliphatic carbocycles. The van der Waals surface area contributed by atoms with Crippen LogP contribution >= 0.6 is 11.3 Å². The van der Waals surface area contributed by atoms with Gasteiger partial charge in [-0.25, -0.2) is 9.80 Å². The predicted octanol–water partition coefficient (Wildman–Crippen LogP) is 10.0. The van der Waals surface area contributed by atoms with Crippen LogP contribution in [0.15, 0.2) is 102 Å². The van der Waals surface area contributed by atoms with Gasteiger partial charge in [-0.05, 0) is 102 Å². The van der Waals surface area contributed by atoms with Gasteiger partial charge >= 0.3 is 0 Å². The molecular formula is C55H66N6O6S. The Morgan fingerprint density at radius 3 is 1.46 bits per heavy atom. The number of amides is 6. The van der Waals surface area contributed by atoms with E-state index in [4.69, 9.17) is 11.5 Å². The average Bonchev–Trinajstić information content (AvgIpc) is 3.77. The van der Waals surface area contributed by atoms with Crippen molar-refractivity contribution in [2.75, 3.05) is 21.3 Å². The van der Waals surface area contributed by atoms with Crippen molar-refractivity contribution in [1.82, 2.24) is 10.6 Å². The minimum Gasteiger partial charge on any atom is -0.398 e. The maximum Gasteiger partial charge on any atom is 0.256 e. The molecule has 13 heteroatoms. The molecule has 68 heavy (non-hydrogen) atoms. The topological polar surface area (TPSA) is 185 Å². The van der Waals surface area contributed by atoms with E-state index in [-0.39, 0.29) is 47.8 Å². The van der Waals surface area contributed by atoms with E-state index >= 15 is 0 Å². The number of nitrogens with two attached hydrogens (primary N) is 2. The molecule has 3 heterocycles. The number of imide groups is 2. The van der Waals surface area contributed by atoms with Crippen LogP contribution in [0.5, 0.6) is 0 Å². The minimum absolute atomic E-state index is 0.166. The minimum atomic E-state index is -0.830. The molecule has 4 aromatic carbocycles. The third-order valence-corrected chi connectivity index (χ3v) is 14.0. The zero-order valence-corrected chi connectivity index (χ0v) is 41.3. The second-order valence-electron chi connectivity index (χ2n) is 18.7. The van der Waals surface area contributed by atoms with E-state index in [0.717, 1.165) is 40.0 Å². The van der Waals surface area contributed by atoms with E-state index in [1.807, 2.05) is 121 Å². The molecule has 0 saturated heterocycles. The second-order valence-corrected chi connectivity index (χ2v) is 19.7. The Bertz CT molecular complexity index is 2640. The van der Waals surface area contributed by atoms with Gasteiger partial charge in [0.25, 0.3) is 11.8 Å². The molecule has 6 atom stereocenters. The Kier molecular flexibility index (Phi) is 16.8. The highest BCUT2D eigenvalue weighted by Gasteiger charge is 2.41. The summed E-state index contributed by atoms with van der Waals surface area (Å²) in [7, 11) is 0. The summed E-state index contributed by atoms with van der Waals surface area (Å²) in [4.78, 5) is 84.4. The highest BCUT2D eigenvalue weighted by atomic mass is 32.1. The summed E-state index contributed by atoms with van der Waals surface area (Å²) in [6, 6.07) is 28.0. The Hall–Kier alpha value is -6.60. The first-order chi connectivity index (χ1) is 32.5. The zero-order chi connectivity index (χ0) is 49.4. The molecular weight excluding hydrogens is 873 g/mol. The first-order valence-corrected chi connectivity index (χ1v) is 24.7. The zero-order valence-electron chi connectivity index (χ0n) is 40.5. The van der Waals surface area contributed by atoms with E-state index in [1.54, 1.807) is 36.4 Å². The fraction of sp³-hybridized carbons (Fsp3) is 0.382. The molecule has 5 aromatic rings. The SMILES string of the molecule is CCC(C)C[C@H](NC(=O)CC(C)C)C(=O)N1C(=O)C(C)c2ccccc2-c2c(N)cccc21.CCC(C)C[C@H](NC(=O)Cc1cccs1)C(=O)N1C(=O)C(C)c2ccccc2-c2c(N)cccc21. The Morgan fingerprint density at radius 1 is 0.603 bits per heavy atom. The van der Waals surface area contributed by atoms with Crippen molar-refractivity contribution in [1.29, 1.82) is 0 Å². The van der Waals surface area contributed by atoms with Gasteiger partial charge in [0.2, 0.25) is 23.6 Å². The molecule has 7 rings (SSSR count). The van der Waals surface area contributed by atoms with E-state index in [2.05, 4.69) is 10.6 Å². The largest absolute Gasteiger partial charge is 0.398 e. The molecule has 6 amide bonds. The Labute approximate surface area is 404 Å². The molecule has 12 nitrogen and oxygen atoms in total. The van der Waals surface area contributed by atoms with Crippen LogP contribution in [0.1, 0.15) is 115 Å². The van der Waals surface area contributed by atoms with Crippen LogP contribution in [0, 0.1) is 17.8 Å². The molecule has 6 N–H and O–H groups in total. The van der Waals surface area contributed by atoms with E-state index < -0.39 is 35.7 Å². The molecule has 1 aromatic heterocycles. The van der Waals surface area contributed by atoms with Crippen molar-refractivity contribution in [3.63, 3.8) is 0 Å². The van der Waals surface area contributed by atoms with Crippen molar-refractivity contribution in [2.45, 2.75) is 118 Å². The van der Waals surface area contributed by atoms with Gasteiger partial charge in [-0.2, -0.15) is 0 Å². The lowest BCUT2D eigenvalue weighted by atomic mass is 9.92. The van der Waals surface area contributed by atoms with Gasteiger partial charge in [-0.1, -0.05) is 121 Å². The summed E-state index contributed by atoms with van der Waals surface area (Å²) < 4.78 is 0. The van der Waals surface area contributed by atoms with E-state index in [0.29, 0.717) is 53.1 Å². The highest BCUT2D eigenvalue weighted by molar-refractivity contribution is 7.10. The van der Waals surface area contributed by atoms with Crippen LogP contribution in [0.3, 0.4) is 0 Å². The van der Waals surface area contributed by atoms with E-state index in [9.17, 15) is 28.8 Å². The highest BCUT2D eigenvalue weighted by Crippen LogP contribution is 2.46. The first kappa shape index (κ1) is 50.8. The van der Waals surface area contributed by atoms with Crippen LogP contribution in [0.2, 0.25) is 0 Å². The Morgan fingerprint density at radius 2 is 1.04 bits per heavy atom. The van der Waals surface area contributed by atoms with Crippen LogP contribution < -0.4 is 31.9 Å². The molecule has 358 valence electrons. The van der Waals surface area contributed by atoms with Crippen LogP contribution in [-0.2, 0) is 35.2 Å². The normalized spacial score (nSPS) is 16.8. The maximum atomic E-state index is 14.1. The molecule has 4 unspecified atom stereocenters. The number of rotatable bonds is 14. The van der Waals surface area contributed by atoms with Crippen molar-refractivity contribution in [3.8, 4) is 22.3 Å². The number of nitrogen functional groups attached to an aromatic ring is 2. The molecule has 2 aliphatic rings. The first-order valence-electron chi connectivity index (χ1n) is 23.8. The maximum absolute atomic E-state index is 14.1. The van der Waals surface area contributed by atoms with Crippen molar-refractivity contribution in [2.24, 2.45) is 17.8 Å². The lowest BCUT2D eigenvalue weighted by molar-refractivity contribution is -0.132. The monoisotopic (exact) mass is 938 g/mol. The lowest BCUT2D eigenvalue weighted by Crippen LogP contribution is -2.52. The van der Waals surface area contributed by atoms with Gasteiger partial charge in [0.05, 0.1) is 29.6 Å². The van der Waals surface area contributed by atoms with Crippen LogP contribution in [-0.4, -0.2) is 47.5 Å².